The molecule has 0 fully saturated rings. The molecule has 0 atom stereocenters. The number of ether oxygens (including phenoxy) is 1. The molecule has 0 bridgehead atoms. The van der Waals surface area contributed by atoms with Crippen LogP contribution in [0.2, 0.25) is 0 Å². The summed E-state index contributed by atoms with van der Waals surface area (Å²) >= 11 is 3.38. The van der Waals surface area contributed by atoms with Gasteiger partial charge in [-0.25, -0.2) is 9.78 Å². The van der Waals surface area contributed by atoms with Crippen LogP contribution in [0.15, 0.2) is 10.7 Å². The highest BCUT2D eigenvalue weighted by Gasteiger charge is 2.27. The lowest BCUT2D eigenvalue weighted by Gasteiger charge is -2.26. The molecule has 2 aromatic heterocycles. The molecule has 1 amide bonds. The van der Waals surface area contributed by atoms with Crippen molar-refractivity contribution in [2.45, 2.75) is 39.2 Å². The van der Waals surface area contributed by atoms with Crippen LogP contribution >= 0.6 is 15.9 Å². The van der Waals surface area contributed by atoms with Gasteiger partial charge in [0.05, 0.1) is 16.4 Å². The zero-order chi connectivity index (χ0) is 16.8. The number of amides is 1. The molecule has 8 heteroatoms. The van der Waals surface area contributed by atoms with E-state index in [2.05, 4.69) is 26.0 Å². The van der Waals surface area contributed by atoms with Gasteiger partial charge in [0.1, 0.15) is 5.60 Å². The van der Waals surface area contributed by atoms with Crippen LogP contribution in [0.3, 0.4) is 0 Å². The van der Waals surface area contributed by atoms with Crippen LogP contribution in [-0.2, 0) is 17.6 Å². The number of fused-ring (bicyclic) bond motifs is 2. The molecule has 0 saturated heterocycles. The normalized spacial score (nSPS) is 15.4. The minimum atomic E-state index is -0.526. The molecule has 7 nitrogen and oxygen atoms in total. The first-order chi connectivity index (χ1) is 10.8. The number of rotatable bonds is 0. The summed E-state index contributed by atoms with van der Waals surface area (Å²) in [5.41, 5.74) is 1.58. The maximum atomic E-state index is 12.2. The van der Waals surface area contributed by atoms with Gasteiger partial charge in [-0.2, -0.15) is 9.61 Å². The highest BCUT2D eigenvalue weighted by Crippen LogP contribution is 2.28. The lowest BCUT2D eigenvalue weighted by molar-refractivity contribution is 0.0258. The second-order valence-electron chi connectivity index (χ2n) is 6.56. The fraction of sp³-hybridized carbons (Fsp3) is 0.533. The van der Waals surface area contributed by atoms with E-state index < -0.39 is 5.60 Å². The van der Waals surface area contributed by atoms with Crippen molar-refractivity contribution in [1.82, 2.24) is 19.5 Å². The van der Waals surface area contributed by atoms with E-state index in [0.29, 0.717) is 31.6 Å². The quantitative estimate of drug-likeness (QED) is 0.756. The molecule has 0 radical (unpaired) electrons. The molecule has 0 aromatic carbocycles. The second-order valence-corrected chi connectivity index (χ2v) is 7.41. The van der Waals surface area contributed by atoms with E-state index in [1.54, 1.807) is 11.1 Å². The van der Waals surface area contributed by atoms with Crippen LogP contribution in [-0.4, -0.2) is 49.4 Å². The van der Waals surface area contributed by atoms with E-state index in [0.717, 1.165) is 15.7 Å². The van der Waals surface area contributed by atoms with E-state index in [4.69, 9.17) is 4.74 Å². The molecular formula is C15H19BrN4O3. The summed E-state index contributed by atoms with van der Waals surface area (Å²) in [5, 5.41) is 14.6. The lowest BCUT2D eigenvalue weighted by atomic mass is 10.1. The van der Waals surface area contributed by atoms with Gasteiger partial charge in [0.25, 0.3) is 0 Å². The highest BCUT2D eigenvalue weighted by molar-refractivity contribution is 9.10. The second kappa shape index (κ2) is 5.67. The van der Waals surface area contributed by atoms with Crippen LogP contribution in [0.25, 0.3) is 5.65 Å². The molecule has 3 heterocycles. The first kappa shape index (κ1) is 16.0. The summed E-state index contributed by atoms with van der Waals surface area (Å²) in [6.07, 6.45) is 2.35. The average Bonchev–Trinajstić information content (AvgIpc) is 2.69. The van der Waals surface area contributed by atoms with Crippen LogP contribution in [0.4, 0.5) is 4.79 Å². The first-order valence-corrected chi connectivity index (χ1v) is 8.27. The Bertz CT molecular complexity index is 766. The average molecular weight is 383 g/mol. The lowest BCUT2D eigenvalue weighted by Crippen LogP contribution is -2.38. The molecule has 1 aliphatic rings. The summed E-state index contributed by atoms with van der Waals surface area (Å²) in [5.74, 6) is 0.0849. The van der Waals surface area contributed by atoms with Crippen molar-refractivity contribution < 1.29 is 14.6 Å². The van der Waals surface area contributed by atoms with Crippen molar-refractivity contribution in [3.05, 3.63) is 21.9 Å². The van der Waals surface area contributed by atoms with Gasteiger partial charge in [0.15, 0.2) is 5.65 Å². The van der Waals surface area contributed by atoms with Gasteiger partial charge in [0.2, 0.25) is 5.88 Å². The molecule has 1 N–H and O–H groups in total. The number of hydrogen-bond acceptors (Lipinski definition) is 5. The Morgan fingerprint density at radius 1 is 1.35 bits per heavy atom. The number of carbonyl (C=O) groups excluding carboxylic acids is 1. The molecule has 0 spiro atoms. The van der Waals surface area contributed by atoms with E-state index in [9.17, 15) is 9.90 Å². The predicted octanol–water partition coefficient (Wildman–Crippen LogP) is 2.53. The molecule has 0 aliphatic carbocycles. The standard InChI is InChI=1S/C15H19BrN4O3/c1-15(2,3)23-14(22)19-6-4-9-11(5-7-19)18-12-10(16)8-17-20(12)13(9)21/h8,21H,4-7H2,1-3H3. The van der Waals surface area contributed by atoms with Crippen LogP contribution in [0.1, 0.15) is 32.0 Å². The van der Waals surface area contributed by atoms with Crippen molar-refractivity contribution in [3.63, 3.8) is 0 Å². The summed E-state index contributed by atoms with van der Waals surface area (Å²) in [6, 6.07) is 0. The van der Waals surface area contributed by atoms with Gasteiger partial charge in [0, 0.05) is 25.1 Å². The number of hydrogen-bond donors (Lipinski definition) is 1. The molecule has 0 saturated carbocycles. The van der Waals surface area contributed by atoms with Crippen molar-refractivity contribution in [1.29, 1.82) is 0 Å². The van der Waals surface area contributed by atoms with Gasteiger partial charge < -0.3 is 14.7 Å². The Morgan fingerprint density at radius 2 is 2.04 bits per heavy atom. The van der Waals surface area contributed by atoms with Gasteiger partial charge in [-0.15, -0.1) is 0 Å². The van der Waals surface area contributed by atoms with Gasteiger partial charge in [-0.1, -0.05) is 0 Å². The number of nitrogens with zero attached hydrogens (tertiary/aromatic N) is 4. The van der Waals surface area contributed by atoms with Crippen molar-refractivity contribution in [2.24, 2.45) is 0 Å². The summed E-state index contributed by atoms with van der Waals surface area (Å²) in [7, 11) is 0. The van der Waals surface area contributed by atoms with Crippen LogP contribution in [0.5, 0.6) is 5.88 Å². The number of aromatic nitrogens is 3. The van der Waals surface area contributed by atoms with Crippen LogP contribution < -0.4 is 0 Å². The topological polar surface area (TPSA) is 80.0 Å². The molecule has 3 rings (SSSR count). The molecular weight excluding hydrogens is 364 g/mol. The zero-order valence-electron chi connectivity index (χ0n) is 13.3. The highest BCUT2D eigenvalue weighted by atomic mass is 79.9. The fourth-order valence-corrected chi connectivity index (χ4v) is 2.95. The van der Waals surface area contributed by atoms with Crippen molar-refractivity contribution in [3.8, 4) is 5.88 Å². The third-order valence-electron chi connectivity index (χ3n) is 3.66. The van der Waals surface area contributed by atoms with Gasteiger partial charge in [-0.05, 0) is 43.1 Å². The van der Waals surface area contributed by atoms with Gasteiger partial charge >= 0.3 is 6.09 Å². The minimum Gasteiger partial charge on any atom is -0.493 e. The number of carbonyl (C=O) groups is 1. The molecule has 2 aromatic rings. The fourth-order valence-electron chi connectivity index (χ4n) is 2.60. The maximum Gasteiger partial charge on any atom is 0.410 e. The molecule has 124 valence electrons. The van der Waals surface area contributed by atoms with E-state index in [-0.39, 0.29) is 12.0 Å². The molecule has 23 heavy (non-hydrogen) atoms. The Kier molecular flexibility index (Phi) is 3.95. The Labute approximate surface area is 142 Å². The summed E-state index contributed by atoms with van der Waals surface area (Å²) in [6.45, 7) is 6.52. The van der Waals surface area contributed by atoms with E-state index in [1.807, 2.05) is 20.8 Å². The first-order valence-electron chi connectivity index (χ1n) is 7.48. The molecule has 0 unspecified atom stereocenters. The Balaban J connectivity index is 1.87. The summed E-state index contributed by atoms with van der Waals surface area (Å²) in [4.78, 5) is 18.5. The third-order valence-corrected chi connectivity index (χ3v) is 4.22. The SMILES string of the molecule is CC(C)(C)OC(=O)N1CCc2nc3c(Br)cnn3c(O)c2CC1. The van der Waals surface area contributed by atoms with Crippen LogP contribution in [0, 0.1) is 0 Å². The predicted molar refractivity (Wildman–Crippen MR) is 87.6 cm³/mol. The van der Waals surface area contributed by atoms with Crippen molar-refractivity contribution in [2.75, 3.05) is 13.1 Å². The Morgan fingerprint density at radius 3 is 2.74 bits per heavy atom. The minimum absolute atomic E-state index is 0.0849. The third kappa shape index (κ3) is 3.12. The zero-order valence-corrected chi connectivity index (χ0v) is 14.9. The number of aromatic hydroxyl groups is 1. The van der Waals surface area contributed by atoms with E-state index in [1.165, 1.54) is 4.52 Å². The summed E-state index contributed by atoms with van der Waals surface area (Å²) < 4.78 is 7.56. The maximum absolute atomic E-state index is 12.2. The monoisotopic (exact) mass is 382 g/mol. The largest absolute Gasteiger partial charge is 0.493 e. The smallest absolute Gasteiger partial charge is 0.410 e. The van der Waals surface area contributed by atoms with Gasteiger partial charge in [-0.3, -0.25) is 0 Å². The Hall–Kier alpha value is -1.83. The number of halogens is 1. The van der Waals surface area contributed by atoms with E-state index >= 15 is 0 Å². The molecule has 1 aliphatic heterocycles. The van der Waals surface area contributed by atoms with Crippen molar-refractivity contribution >= 4 is 27.7 Å².